The lowest BCUT2D eigenvalue weighted by Crippen LogP contribution is -2.30. The SMILES string of the molecule is CC1=CCCN(c2cnc(CNCC(C)C)cn2)C1. The Morgan fingerprint density at radius 3 is 2.79 bits per heavy atom. The molecule has 1 aliphatic heterocycles. The second-order valence-electron chi connectivity index (χ2n) is 5.65. The van der Waals surface area contributed by atoms with Gasteiger partial charge in [-0.2, -0.15) is 0 Å². The molecule has 0 radical (unpaired) electrons. The lowest BCUT2D eigenvalue weighted by molar-refractivity contribution is 0.547. The van der Waals surface area contributed by atoms with Crippen LogP contribution < -0.4 is 10.2 Å². The zero-order valence-corrected chi connectivity index (χ0v) is 12.2. The Hall–Kier alpha value is -1.42. The Morgan fingerprint density at radius 2 is 2.16 bits per heavy atom. The van der Waals surface area contributed by atoms with Crippen molar-refractivity contribution in [1.29, 1.82) is 0 Å². The van der Waals surface area contributed by atoms with Gasteiger partial charge in [-0.1, -0.05) is 25.5 Å². The average Bonchev–Trinajstić information content (AvgIpc) is 2.39. The van der Waals surface area contributed by atoms with Gasteiger partial charge in [0.05, 0.1) is 18.1 Å². The van der Waals surface area contributed by atoms with E-state index in [-0.39, 0.29) is 0 Å². The lowest BCUT2D eigenvalue weighted by atomic mass is 10.1. The lowest BCUT2D eigenvalue weighted by Gasteiger charge is -2.26. The van der Waals surface area contributed by atoms with E-state index < -0.39 is 0 Å². The third-order valence-electron chi connectivity index (χ3n) is 3.21. The summed E-state index contributed by atoms with van der Waals surface area (Å²) < 4.78 is 0. The molecule has 1 N–H and O–H groups in total. The molecule has 1 aliphatic rings. The van der Waals surface area contributed by atoms with Crippen molar-refractivity contribution >= 4 is 5.82 Å². The average molecular weight is 260 g/mol. The van der Waals surface area contributed by atoms with E-state index in [1.54, 1.807) is 0 Å². The van der Waals surface area contributed by atoms with E-state index in [2.05, 4.69) is 47.0 Å². The Balaban J connectivity index is 1.89. The Morgan fingerprint density at radius 1 is 1.32 bits per heavy atom. The number of hydrogen-bond acceptors (Lipinski definition) is 4. The number of anilines is 1. The zero-order valence-electron chi connectivity index (χ0n) is 12.2. The molecule has 4 heteroatoms. The van der Waals surface area contributed by atoms with Crippen LogP contribution in [0.4, 0.5) is 5.82 Å². The van der Waals surface area contributed by atoms with Crippen LogP contribution in [0.15, 0.2) is 24.0 Å². The van der Waals surface area contributed by atoms with E-state index in [9.17, 15) is 0 Å². The fraction of sp³-hybridized carbons (Fsp3) is 0.600. The first-order chi connectivity index (χ1) is 9.15. The molecule has 2 heterocycles. The first kappa shape index (κ1) is 14.0. The quantitative estimate of drug-likeness (QED) is 0.825. The van der Waals surface area contributed by atoms with Gasteiger partial charge in [0, 0.05) is 19.6 Å². The molecule has 0 saturated carbocycles. The highest BCUT2D eigenvalue weighted by atomic mass is 15.2. The van der Waals surface area contributed by atoms with Gasteiger partial charge in [-0.3, -0.25) is 4.98 Å². The Labute approximate surface area is 115 Å². The third kappa shape index (κ3) is 4.31. The van der Waals surface area contributed by atoms with Crippen LogP contribution in [0.3, 0.4) is 0 Å². The standard InChI is InChI=1S/C15H24N4/c1-12(2)7-16-8-14-9-18-15(10-17-14)19-6-4-5-13(3)11-19/h5,9-10,12,16H,4,6-8,11H2,1-3H3. The van der Waals surface area contributed by atoms with Crippen molar-refractivity contribution in [2.75, 3.05) is 24.5 Å². The predicted molar refractivity (Wildman–Crippen MR) is 79.2 cm³/mol. The summed E-state index contributed by atoms with van der Waals surface area (Å²) in [5.74, 6) is 1.65. The minimum atomic E-state index is 0.662. The minimum absolute atomic E-state index is 0.662. The maximum absolute atomic E-state index is 4.53. The van der Waals surface area contributed by atoms with Crippen molar-refractivity contribution in [1.82, 2.24) is 15.3 Å². The molecule has 1 aromatic heterocycles. The molecule has 0 fully saturated rings. The molecule has 0 unspecified atom stereocenters. The molecule has 0 aromatic carbocycles. The first-order valence-corrected chi connectivity index (χ1v) is 7.07. The highest BCUT2D eigenvalue weighted by molar-refractivity contribution is 5.39. The molecule has 0 spiro atoms. The highest BCUT2D eigenvalue weighted by Crippen LogP contribution is 2.16. The van der Waals surface area contributed by atoms with Crippen molar-refractivity contribution in [3.63, 3.8) is 0 Å². The molecule has 4 nitrogen and oxygen atoms in total. The first-order valence-electron chi connectivity index (χ1n) is 7.07. The van der Waals surface area contributed by atoms with E-state index in [1.165, 1.54) is 5.57 Å². The molecule has 0 saturated heterocycles. The van der Waals surface area contributed by atoms with Gasteiger partial charge in [0.2, 0.25) is 0 Å². The van der Waals surface area contributed by atoms with Gasteiger partial charge in [0.15, 0.2) is 0 Å². The van der Waals surface area contributed by atoms with Gasteiger partial charge in [0.1, 0.15) is 5.82 Å². The molecule has 0 aliphatic carbocycles. The summed E-state index contributed by atoms with van der Waals surface area (Å²) in [5, 5.41) is 3.38. The van der Waals surface area contributed by atoms with Crippen molar-refractivity contribution in [2.24, 2.45) is 5.92 Å². The van der Waals surface area contributed by atoms with E-state index in [4.69, 9.17) is 0 Å². The van der Waals surface area contributed by atoms with E-state index in [0.717, 1.165) is 44.1 Å². The smallest absolute Gasteiger partial charge is 0.147 e. The molecule has 1 aromatic rings. The topological polar surface area (TPSA) is 41.1 Å². The third-order valence-corrected chi connectivity index (χ3v) is 3.21. The summed E-state index contributed by atoms with van der Waals surface area (Å²) in [7, 11) is 0. The maximum Gasteiger partial charge on any atom is 0.147 e. The number of hydrogen-bond donors (Lipinski definition) is 1. The van der Waals surface area contributed by atoms with E-state index in [0.29, 0.717) is 5.92 Å². The number of rotatable bonds is 5. The van der Waals surface area contributed by atoms with Crippen molar-refractivity contribution in [3.8, 4) is 0 Å². The van der Waals surface area contributed by atoms with Gasteiger partial charge >= 0.3 is 0 Å². The number of nitrogens with one attached hydrogen (secondary N) is 1. The minimum Gasteiger partial charge on any atom is -0.351 e. The summed E-state index contributed by atoms with van der Waals surface area (Å²) >= 11 is 0. The van der Waals surface area contributed by atoms with Gasteiger partial charge < -0.3 is 10.2 Å². The maximum atomic E-state index is 4.53. The summed E-state index contributed by atoms with van der Waals surface area (Å²) in [5.41, 5.74) is 2.42. The predicted octanol–water partition coefficient (Wildman–Crippen LogP) is 2.38. The van der Waals surface area contributed by atoms with Crippen LogP contribution in [0.2, 0.25) is 0 Å². The van der Waals surface area contributed by atoms with Crippen LogP contribution >= 0.6 is 0 Å². The van der Waals surface area contributed by atoms with Crippen LogP contribution in [-0.4, -0.2) is 29.6 Å². The van der Waals surface area contributed by atoms with E-state index >= 15 is 0 Å². The second-order valence-corrected chi connectivity index (χ2v) is 5.65. The normalized spacial score (nSPS) is 15.8. The van der Waals surface area contributed by atoms with E-state index in [1.807, 2.05) is 12.4 Å². The van der Waals surface area contributed by atoms with Gasteiger partial charge in [-0.05, 0) is 25.8 Å². The molecular weight excluding hydrogens is 236 g/mol. The van der Waals surface area contributed by atoms with Gasteiger partial charge in [-0.25, -0.2) is 4.98 Å². The molecule has 0 amide bonds. The molecule has 19 heavy (non-hydrogen) atoms. The number of aromatic nitrogens is 2. The van der Waals surface area contributed by atoms with Crippen LogP contribution in [0.25, 0.3) is 0 Å². The van der Waals surface area contributed by atoms with Gasteiger partial charge in [0.25, 0.3) is 0 Å². The van der Waals surface area contributed by atoms with Crippen molar-refractivity contribution in [2.45, 2.75) is 33.7 Å². The van der Waals surface area contributed by atoms with Crippen LogP contribution in [-0.2, 0) is 6.54 Å². The summed E-state index contributed by atoms with van der Waals surface area (Å²) in [6.45, 7) is 10.4. The molecule has 104 valence electrons. The summed E-state index contributed by atoms with van der Waals surface area (Å²) in [6, 6.07) is 0. The van der Waals surface area contributed by atoms with Crippen LogP contribution in [0, 0.1) is 5.92 Å². The fourth-order valence-corrected chi connectivity index (χ4v) is 2.20. The highest BCUT2D eigenvalue weighted by Gasteiger charge is 2.12. The summed E-state index contributed by atoms with van der Waals surface area (Å²) in [4.78, 5) is 11.3. The fourth-order valence-electron chi connectivity index (χ4n) is 2.20. The molecule has 0 atom stereocenters. The zero-order chi connectivity index (χ0) is 13.7. The Bertz CT molecular complexity index is 422. The molecule has 0 bridgehead atoms. The molecule has 2 rings (SSSR count). The monoisotopic (exact) mass is 260 g/mol. The number of nitrogens with zero attached hydrogens (tertiary/aromatic N) is 3. The van der Waals surface area contributed by atoms with Crippen molar-refractivity contribution < 1.29 is 0 Å². The second kappa shape index (κ2) is 6.66. The summed E-state index contributed by atoms with van der Waals surface area (Å²) in [6.07, 6.45) is 7.18. The van der Waals surface area contributed by atoms with Crippen LogP contribution in [0.1, 0.15) is 32.9 Å². The van der Waals surface area contributed by atoms with Crippen molar-refractivity contribution in [3.05, 3.63) is 29.7 Å². The van der Waals surface area contributed by atoms with Gasteiger partial charge in [-0.15, -0.1) is 0 Å². The Kier molecular flexibility index (Phi) is 4.91. The largest absolute Gasteiger partial charge is 0.351 e. The van der Waals surface area contributed by atoms with Crippen LogP contribution in [0.5, 0.6) is 0 Å². The molecular formula is C15H24N4.